The van der Waals surface area contributed by atoms with Crippen LogP contribution in [0.25, 0.3) is 0 Å². The highest BCUT2D eigenvalue weighted by Crippen LogP contribution is 2.40. The Balaban J connectivity index is 1.62. The van der Waals surface area contributed by atoms with Gasteiger partial charge in [-0.2, -0.15) is 0 Å². The molecule has 0 spiro atoms. The minimum Gasteiger partial charge on any atom is -0.487 e. The SMILES string of the molecule is C1=CC(COc2cncc(C3CC3)c2)=CCC1. The highest BCUT2D eigenvalue weighted by molar-refractivity contribution is 5.30. The Hall–Kier alpha value is -1.57. The van der Waals surface area contributed by atoms with E-state index in [-0.39, 0.29) is 0 Å². The normalized spacial score (nSPS) is 18.9. The van der Waals surface area contributed by atoms with Gasteiger partial charge in [-0.05, 0) is 48.8 Å². The molecule has 1 aromatic heterocycles. The molecule has 1 heterocycles. The molecule has 88 valence electrons. The van der Waals surface area contributed by atoms with E-state index in [0.29, 0.717) is 6.61 Å². The molecule has 1 saturated carbocycles. The van der Waals surface area contributed by atoms with Crippen molar-refractivity contribution in [2.24, 2.45) is 0 Å². The quantitative estimate of drug-likeness (QED) is 0.783. The van der Waals surface area contributed by atoms with Gasteiger partial charge in [-0.1, -0.05) is 18.2 Å². The van der Waals surface area contributed by atoms with E-state index in [9.17, 15) is 0 Å². The van der Waals surface area contributed by atoms with Gasteiger partial charge in [0.2, 0.25) is 0 Å². The van der Waals surface area contributed by atoms with Gasteiger partial charge in [0, 0.05) is 6.20 Å². The summed E-state index contributed by atoms with van der Waals surface area (Å²) in [7, 11) is 0. The Morgan fingerprint density at radius 3 is 2.94 bits per heavy atom. The van der Waals surface area contributed by atoms with Crippen LogP contribution in [0.3, 0.4) is 0 Å². The molecule has 17 heavy (non-hydrogen) atoms. The molecule has 0 amide bonds. The standard InChI is InChI=1S/C15H17NO/c1-2-4-12(5-3-1)11-17-15-8-14(9-16-10-15)13-6-7-13/h2,4-5,8-10,13H,1,3,6-7,11H2. The van der Waals surface area contributed by atoms with Crippen LogP contribution in [0.5, 0.6) is 5.75 Å². The highest BCUT2D eigenvalue weighted by Gasteiger charge is 2.23. The minimum atomic E-state index is 0.659. The average molecular weight is 227 g/mol. The number of ether oxygens (including phenoxy) is 1. The molecule has 0 atom stereocenters. The monoisotopic (exact) mass is 227 g/mol. The Morgan fingerprint density at radius 1 is 1.24 bits per heavy atom. The maximum Gasteiger partial charge on any atom is 0.138 e. The van der Waals surface area contributed by atoms with Crippen LogP contribution in [-0.4, -0.2) is 11.6 Å². The molecule has 0 saturated heterocycles. The molecule has 1 fully saturated rings. The van der Waals surface area contributed by atoms with Gasteiger partial charge in [0.15, 0.2) is 0 Å². The third-order valence-electron chi connectivity index (χ3n) is 3.26. The van der Waals surface area contributed by atoms with E-state index in [4.69, 9.17) is 4.74 Å². The molecule has 0 radical (unpaired) electrons. The lowest BCUT2D eigenvalue weighted by atomic mass is 10.1. The van der Waals surface area contributed by atoms with E-state index in [1.54, 1.807) is 6.20 Å². The van der Waals surface area contributed by atoms with E-state index < -0.39 is 0 Å². The van der Waals surface area contributed by atoms with Crippen LogP contribution in [0.4, 0.5) is 0 Å². The zero-order chi connectivity index (χ0) is 11.5. The Bertz CT molecular complexity index is 458. The molecule has 0 bridgehead atoms. The van der Waals surface area contributed by atoms with Gasteiger partial charge in [-0.15, -0.1) is 0 Å². The topological polar surface area (TPSA) is 22.1 Å². The van der Waals surface area contributed by atoms with Crippen molar-refractivity contribution < 1.29 is 4.74 Å². The van der Waals surface area contributed by atoms with Crippen LogP contribution >= 0.6 is 0 Å². The number of aromatic nitrogens is 1. The summed E-state index contributed by atoms with van der Waals surface area (Å²) in [5.74, 6) is 1.63. The largest absolute Gasteiger partial charge is 0.487 e. The van der Waals surface area contributed by atoms with Gasteiger partial charge in [0.25, 0.3) is 0 Å². The van der Waals surface area contributed by atoms with Crippen LogP contribution in [0, 0.1) is 0 Å². The predicted octanol–water partition coefficient (Wildman–Crippen LogP) is 3.61. The number of hydrogen-bond acceptors (Lipinski definition) is 2. The fraction of sp³-hybridized carbons (Fsp3) is 0.400. The molecule has 2 nitrogen and oxygen atoms in total. The third-order valence-corrected chi connectivity index (χ3v) is 3.26. The van der Waals surface area contributed by atoms with Crippen molar-refractivity contribution in [1.82, 2.24) is 4.98 Å². The van der Waals surface area contributed by atoms with Gasteiger partial charge in [0.1, 0.15) is 12.4 Å². The van der Waals surface area contributed by atoms with Crippen molar-refractivity contribution in [3.8, 4) is 5.75 Å². The average Bonchev–Trinajstić information content (AvgIpc) is 3.22. The van der Waals surface area contributed by atoms with Gasteiger partial charge in [-0.25, -0.2) is 0 Å². The van der Waals surface area contributed by atoms with Crippen molar-refractivity contribution in [1.29, 1.82) is 0 Å². The first-order valence-corrected chi connectivity index (χ1v) is 6.35. The van der Waals surface area contributed by atoms with Crippen LogP contribution in [0.1, 0.15) is 37.2 Å². The summed E-state index contributed by atoms with van der Waals surface area (Å²) < 4.78 is 5.78. The lowest BCUT2D eigenvalue weighted by Crippen LogP contribution is -2.01. The molecule has 0 aromatic carbocycles. The van der Waals surface area contributed by atoms with Crippen LogP contribution < -0.4 is 4.74 Å². The molecule has 0 unspecified atom stereocenters. The summed E-state index contributed by atoms with van der Waals surface area (Å²) in [6, 6.07) is 2.14. The zero-order valence-electron chi connectivity index (χ0n) is 9.93. The molecule has 2 aliphatic carbocycles. The molecular weight excluding hydrogens is 210 g/mol. The van der Waals surface area contributed by atoms with E-state index in [0.717, 1.165) is 24.5 Å². The predicted molar refractivity (Wildman–Crippen MR) is 68.2 cm³/mol. The summed E-state index contributed by atoms with van der Waals surface area (Å²) in [4.78, 5) is 4.25. The second-order valence-electron chi connectivity index (χ2n) is 4.78. The van der Waals surface area contributed by atoms with Gasteiger partial charge in [-0.3, -0.25) is 4.98 Å². The summed E-state index contributed by atoms with van der Waals surface area (Å²) >= 11 is 0. The molecule has 0 aliphatic heterocycles. The number of hydrogen-bond donors (Lipinski definition) is 0. The van der Waals surface area contributed by atoms with Crippen LogP contribution in [0.2, 0.25) is 0 Å². The summed E-state index contributed by atoms with van der Waals surface area (Å²) in [6.07, 6.45) is 15.3. The van der Waals surface area contributed by atoms with Crippen molar-refractivity contribution in [3.63, 3.8) is 0 Å². The third kappa shape index (κ3) is 2.76. The fourth-order valence-corrected chi connectivity index (χ4v) is 2.10. The Labute approximate surface area is 102 Å². The molecule has 2 heteroatoms. The number of allylic oxidation sites excluding steroid dienone is 2. The minimum absolute atomic E-state index is 0.659. The molecule has 0 N–H and O–H groups in total. The summed E-state index contributed by atoms with van der Waals surface area (Å²) in [5, 5.41) is 0. The maximum atomic E-state index is 5.78. The van der Waals surface area contributed by atoms with Crippen molar-refractivity contribution in [2.45, 2.75) is 31.6 Å². The molecule has 3 rings (SSSR count). The number of nitrogens with zero attached hydrogens (tertiary/aromatic N) is 1. The van der Waals surface area contributed by atoms with Crippen LogP contribution in [0.15, 0.2) is 42.3 Å². The fourth-order valence-electron chi connectivity index (χ4n) is 2.10. The van der Waals surface area contributed by atoms with E-state index in [1.807, 2.05) is 6.20 Å². The lowest BCUT2D eigenvalue weighted by molar-refractivity contribution is 0.353. The molecular formula is C15H17NO. The Kier molecular flexibility index (Phi) is 2.95. The second-order valence-corrected chi connectivity index (χ2v) is 4.78. The zero-order valence-corrected chi connectivity index (χ0v) is 9.93. The van der Waals surface area contributed by atoms with Crippen molar-refractivity contribution in [3.05, 3.63) is 47.8 Å². The van der Waals surface area contributed by atoms with Gasteiger partial charge >= 0.3 is 0 Å². The van der Waals surface area contributed by atoms with Crippen LogP contribution in [-0.2, 0) is 0 Å². The number of rotatable bonds is 4. The number of pyridine rings is 1. The smallest absolute Gasteiger partial charge is 0.138 e. The first-order chi connectivity index (χ1) is 8.42. The lowest BCUT2D eigenvalue weighted by Gasteiger charge is -2.10. The summed E-state index contributed by atoms with van der Waals surface area (Å²) in [6.45, 7) is 0.659. The van der Waals surface area contributed by atoms with Crippen molar-refractivity contribution >= 4 is 0 Å². The first kappa shape index (κ1) is 10.6. The van der Waals surface area contributed by atoms with Gasteiger partial charge < -0.3 is 4.74 Å². The first-order valence-electron chi connectivity index (χ1n) is 6.35. The maximum absolute atomic E-state index is 5.78. The van der Waals surface area contributed by atoms with Crippen molar-refractivity contribution in [2.75, 3.05) is 6.61 Å². The molecule has 1 aromatic rings. The Morgan fingerprint density at radius 2 is 2.18 bits per heavy atom. The van der Waals surface area contributed by atoms with E-state index in [2.05, 4.69) is 29.3 Å². The molecule has 2 aliphatic rings. The van der Waals surface area contributed by atoms with E-state index >= 15 is 0 Å². The highest BCUT2D eigenvalue weighted by atomic mass is 16.5. The second kappa shape index (κ2) is 4.74. The summed E-state index contributed by atoms with van der Waals surface area (Å²) in [5.41, 5.74) is 2.60. The van der Waals surface area contributed by atoms with Gasteiger partial charge in [0.05, 0.1) is 6.20 Å². The van der Waals surface area contributed by atoms with E-state index in [1.165, 1.54) is 24.0 Å².